The Morgan fingerprint density at radius 3 is 2.45 bits per heavy atom. The second-order valence-electron chi connectivity index (χ2n) is 12.9. The first-order valence-corrected chi connectivity index (χ1v) is 13.4. The number of hydrogen-bond donors (Lipinski definition) is 0. The third kappa shape index (κ3) is 4.24. The van der Waals surface area contributed by atoms with Gasteiger partial charge in [-0.2, -0.15) is 0 Å². The van der Waals surface area contributed by atoms with Crippen LogP contribution in [0.15, 0.2) is 23.8 Å². The first-order chi connectivity index (χ1) is 15.4. The molecule has 0 unspecified atom stereocenters. The van der Waals surface area contributed by atoms with E-state index in [1.165, 1.54) is 38.5 Å². The molecule has 0 aromatic rings. The summed E-state index contributed by atoms with van der Waals surface area (Å²) in [5, 5.41) is 0. The van der Waals surface area contributed by atoms with Crippen LogP contribution in [0.1, 0.15) is 99.8 Å². The van der Waals surface area contributed by atoms with E-state index >= 15 is 0 Å². The van der Waals surface area contributed by atoms with Crippen molar-refractivity contribution < 1.29 is 9.53 Å². The van der Waals surface area contributed by atoms with E-state index in [-0.39, 0.29) is 17.5 Å². The highest BCUT2D eigenvalue weighted by Crippen LogP contribution is 2.66. The van der Waals surface area contributed by atoms with Crippen LogP contribution < -0.4 is 0 Å². The zero-order valence-corrected chi connectivity index (χ0v) is 22.2. The number of fused-ring (bicyclic) bond motifs is 5. The summed E-state index contributed by atoms with van der Waals surface area (Å²) in [4.78, 5) is 11.5. The summed E-state index contributed by atoms with van der Waals surface area (Å²) in [6.07, 6.45) is 12.5. The Hall–Kier alpha value is -1.49. The van der Waals surface area contributed by atoms with Gasteiger partial charge in [0.15, 0.2) is 0 Å². The van der Waals surface area contributed by atoms with E-state index < -0.39 is 0 Å². The Morgan fingerprint density at radius 1 is 1.12 bits per heavy atom. The van der Waals surface area contributed by atoms with Crippen molar-refractivity contribution >= 4 is 5.97 Å². The van der Waals surface area contributed by atoms with Crippen LogP contribution >= 0.6 is 0 Å². The molecule has 4 aliphatic carbocycles. The second-order valence-corrected chi connectivity index (χ2v) is 12.9. The van der Waals surface area contributed by atoms with Crippen molar-refractivity contribution in [1.29, 1.82) is 0 Å². The van der Waals surface area contributed by atoms with Crippen molar-refractivity contribution in [2.75, 3.05) is 0 Å². The highest BCUT2D eigenvalue weighted by molar-refractivity contribution is 5.66. The minimum absolute atomic E-state index is 0.106. The molecule has 0 radical (unpaired) electrons. The first-order valence-electron chi connectivity index (χ1n) is 13.4. The fraction of sp³-hybridized carbons (Fsp3) is 0.774. The third-order valence-electron chi connectivity index (χ3n) is 10.7. The smallest absolute Gasteiger partial charge is 0.302 e. The number of allylic oxidation sites excluding steroid dienone is 3. The minimum atomic E-state index is -0.120. The monoisotopic (exact) mass is 450 g/mol. The van der Waals surface area contributed by atoms with E-state index in [1.54, 1.807) is 12.5 Å². The van der Waals surface area contributed by atoms with Crippen molar-refractivity contribution in [3.8, 4) is 11.8 Å². The molecule has 0 aliphatic heterocycles. The predicted molar refractivity (Wildman–Crippen MR) is 136 cm³/mol. The van der Waals surface area contributed by atoms with E-state index in [9.17, 15) is 4.79 Å². The number of hydrogen-bond acceptors (Lipinski definition) is 2. The van der Waals surface area contributed by atoms with Gasteiger partial charge in [-0.3, -0.25) is 4.79 Å². The van der Waals surface area contributed by atoms with Crippen LogP contribution in [0, 0.1) is 57.7 Å². The largest absolute Gasteiger partial charge is 0.463 e. The van der Waals surface area contributed by atoms with Gasteiger partial charge in [-0.05, 0) is 107 Å². The van der Waals surface area contributed by atoms with Crippen molar-refractivity contribution in [2.45, 2.75) is 106 Å². The molecule has 2 heteroatoms. The van der Waals surface area contributed by atoms with Gasteiger partial charge < -0.3 is 4.74 Å². The molecule has 3 saturated carbocycles. The molecule has 0 aromatic heterocycles. The Bertz CT molecular complexity index is 898. The summed E-state index contributed by atoms with van der Waals surface area (Å²) < 4.78 is 5.63. The number of esters is 1. The Balaban J connectivity index is 1.53. The fourth-order valence-corrected chi connectivity index (χ4v) is 8.18. The molecule has 0 spiro atoms. The maximum Gasteiger partial charge on any atom is 0.302 e. The zero-order valence-electron chi connectivity index (χ0n) is 22.2. The lowest BCUT2D eigenvalue weighted by Crippen LogP contribution is -2.50. The zero-order chi connectivity index (χ0) is 24.2. The lowest BCUT2D eigenvalue weighted by atomic mass is 9.47. The number of rotatable bonds is 3. The van der Waals surface area contributed by atoms with Gasteiger partial charge in [-0.15, -0.1) is 0 Å². The molecule has 3 fully saturated rings. The number of carbonyl (C=O) groups excluding carboxylic acids is 1. The van der Waals surface area contributed by atoms with Crippen LogP contribution in [-0.4, -0.2) is 12.1 Å². The molecule has 33 heavy (non-hydrogen) atoms. The fourth-order valence-electron chi connectivity index (χ4n) is 8.18. The van der Waals surface area contributed by atoms with Crippen LogP contribution in [0.3, 0.4) is 0 Å². The van der Waals surface area contributed by atoms with Gasteiger partial charge >= 0.3 is 5.97 Å². The Morgan fingerprint density at radius 2 is 1.79 bits per heavy atom. The molecule has 0 saturated heterocycles. The van der Waals surface area contributed by atoms with Gasteiger partial charge in [0.05, 0.1) is 0 Å². The topological polar surface area (TPSA) is 26.3 Å². The van der Waals surface area contributed by atoms with Crippen molar-refractivity contribution in [3.63, 3.8) is 0 Å². The number of ether oxygens (including phenoxy) is 1. The summed E-state index contributed by atoms with van der Waals surface area (Å²) in [6.45, 7) is 19.7. The highest BCUT2D eigenvalue weighted by atomic mass is 16.5. The lowest BCUT2D eigenvalue weighted by Gasteiger charge is -2.57. The summed E-state index contributed by atoms with van der Waals surface area (Å²) in [5.41, 5.74) is 3.58. The number of carbonyl (C=O) groups is 1. The predicted octanol–water partition coefficient (Wildman–Crippen LogP) is 7.74. The molecule has 0 N–H and O–H groups in total. The van der Waals surface area contributed by atoms with Crippen LogP contribution in [0.2, 0.25) is 0 Å². The second kappa shape index (κ2) is 8.62. The van der Waals surface area contributed by atoms with Gasteiger partial charge in [0.1, 0.15) is 6.10 Å². The van der Waals surface area contributed by atoms with E-state index in [0.29, 0.717) is 28.6 Å². The third-order valence-corrected chi connectivity index (χ3v) is 10.7. The van der Waals surface area contributed by atoms with Gasteiger partial charge in [0, 0.05) is 18.3 Å². The minimum Gasteiger partial charge on any atom is -0.463 e. The molecule has 4 rings (SSSR count). The van der Waals surface area contributed by atoms with E-state index in [4.69, 9.17) is 4.74 Å². The Labute approximate surface area is 203 Å². The SMILES string of the molecule is C=C(C)C(C)(C)C#C[C@@H](C)[C@H]1CC[C@H]2C3=CC[C@H]4C[C@@H](OC(C)=O)CC[C@]4(C)[C@H]3CC[C@]12C. The normalized spacial score (nSPS) is 40.8. The molecule has 8 atom stereocenters. The molecule has 0 heterocycles. The Kier molecular flexibility index (Phi) is 6.44. The summed E-state index contributed by atoms with van der Waals surface area (Å²) >= 11 is 0. The van der Waals surface area contributed by atoms with Crippen LogP contribution in [0.25, 0.3) is 0 Å². The summed E-state index contributed by atoms with van der Waals surface area (Å²) in [5.74, 6) is 10.3. The molecule has 0 aromatic carbocycles. The van der Waals surface area contributed by atoms with Gasteiger partial charge in [-0.25, -0.2) is 0 Å². The lowest BCUT2D eigenvalue weighted by molar-refractivity contribution is -0.152. The molecule has 4 aliphatic rings. The van der Waals surface area contributed by atoms with E-state index in [0.717, 1.165) is 30.3 Å². The van der Waals surface area contributed by atoms with Gasteiger partial charge in [-0.1, -0.05) is 56.4 Å². The molecule has 2 nitrogen and oxygen atoms in total. The standard InChI is InChI=1S/C31H46O2/c1-20(2)29(5,6)16-13-21(3)26-11-12-27-25-10-9-23-19-24(33-22(4)32)14-17-30(23,7)28(25)15-18-31(26,27)8/h10,21,23-24,26-28H,1,9,11-12,14-15,17-19H2,2-8H3/t21-,23+,24+,26-,27+,28+,30+,31-/m1/s1. The quantitative estimate of drug-likeness (QED) is 0.250. The van der Waals surface area contributed by atoms with E-state index in [1.807, 2.05) is 0 Å². The van der Waals surface area contributed by atoms with Gasteiger partial charge in [0.25, 0.3) is 0 Å². The maximum absolute atomic E-state index is 11.5. The maximum atomic E-state index is 11.5. The summed E-state index contributed by atoms with van der Waals surface area (Å²) in [6, 6.07) is 0. The molecular formula is C31H46O2. The van der Waals surface area contributed by atoms with Crippen molar-refractivity contribution in [2.24, 2.45) is 45.8 Å². The average molecular weight is 451 g/mol. The first kappa shape index (κ1) is 24.6. The van der Waals surface area contributed by atoms with Crippen LogP contribution in [0.4, 0.5) is 0 Å². The van der Waals surface area contributed by atoms with Crippen LogP contribution in [0.5, 0.6) is 0 Å². The van der Waals surface area contributed by atoms with Crippen LogP contribution in [-0.2, 0) is 9.53 Å². The van der Waals surface area contributed by atoms with Crippen molar-refractivity contribution in [3.05, 3.63) is 23.8 Å². The molecular weight excluding hydrogens is 404 g/mol. The molecule has 182 valence electrons. The molecule has 0 bridgehead atoms. The highest BCUT2D eigenvalue weighted by Gasteiger charge is 2.58. The average Bonchev–Trinajstić information content (AvgIpc) is 3.09. The van der Waals surface area contributed by atoms with Gasteiger partial charge in [0.2, 0.25) is 0 Å². The van der Waals surface area contributed by atoms with Crippen molar-refractivity contribution in [1.82, 2.24) is 0 Å². The summed E-state index contributed by atoms with van der Waals surface area (Å²) in [7, 11) is 0. The molecule has 0 amide bonds. The van der Waals surface area contributed by atoms with E-state index in [2.05, 4.69) is 66.0 Å².